The van der Waals surface area contributed by atoms with E-state index in [-0.39, 0.29) is 5.75 Å². The molecule has 0 atom stereocenters. The molecule has 0 saturated carbocycles. The molecular formula is C15H26N4O3S. The van der Waals surface area contributed by atoms with Crippen LogP contribution in [0, 0.1) is 13.8 Å². The van der Waals surface area contributed by atoms with Gasteiger partial charge in [-0.25, -0.2) is 18.4 Å². The number of guanidine groups is 1. The van der Waals surface area contributed by atoms with Gasteiger partial charge in [0.2, 0.25) is 5.89 Å². The first-order chi connectivity index (χ1) is 10.7. The summed E-state index contributed by atoms with van der Waals surface area (Å²) < 4.78 is 29.0. The minimum atomic E-state index is -3.07. The van der Waals surface area contributed by atoms with E-state index in [1.165, 1.54) is 0 Å². The van der Waals surface area contributed by atoms with Crippen molar-refractivity contribution >= 4 is 15.8 Å². The first-order valence-corrected chi connectivity index (χ1v) is 9.50. The van der Waals surface area contributed by atoms with E-state index in [4.69, 9.17) is 4.42 Å². The molecule has 0 aliphatic carbocycles. The van der Waals surface area contributed by atoms with E-state index in [2.05, 4.69) is 15.3 Å². The maximum atomic E-state index is 12.1. The van der Waals surface area contributed by atoms with E-state index in [0.717, 1.165) is 11.5 Å². The summed E-state index contributed by atoms with van der Waals surface area (Å²) in [6.07, 6.45) is 0. The summed E-state index contributed by atoms with van der Waals surface area (Å²) in [6, 6.07) is 0. The zero-order valence-electron chi connectivity index (χ0n) is 14.5. The monoisotopic (exact) mass is 342 g/mol. The van der Waals surface area contributed by atoms with Crippen LogP contribution >= 0.6 is 0 Å². The fraction of sp³-hybridized carbons (Fsp3) is 0.733. The minimum absolute atomic E-state index is 0.141. The van der Waals surface area contributed by atoms with Crippen molar-refractivity contribution in [3.63, 3.8) is 0 Å². The lowest BCUT2D eigenvalue weighted by Gasteiger charge is -2.39. The Kier molecular flexibility index (Phi) is 5.03. The van der Waals surface area contributed by atoms with Gasteiger partial charge in [0.1, 0.15) is 12.3 Å². The maximum absolute atomic E-state index is 12.1. The van der Waals surface area contributed by atoms with Gasteiger partial charge in [0.15, 0.2) is 15.8 Å². The average molecular weight is 342 g/mol. The number of aliphatic imine (C=N–C) groups is 1. The zero-order valence-corrected chi connectivity index (χ0v) is 15.3. The largest absolute Gasteiger partial charge is 0.444 e. The van der Waals surface area contributed by atoms with Gasteiger partial charge < -0.3 is 14.6 Å². The number of nitrogens with one attached hydrogen (secondary N) is 1. The summed E-state index contributed by atoms with van der Waals surface area (Å²) in [5.74, 6) is 2.20. The SMILES string of the molecule is CCNC(=NCc1nc(C)c(C)o1)N1CCS(=O)(=O)C(C)(C)C1. The molecule has 130 valence electrons. The Labute approximate surface area is 138 Å². The van der Waals surface area contributed by atoms with Crippen LogP contribution in [0.1, 0.15) is 38.1 Å². The second kappa shape index (κ2) is 6.51. The molecule has 0 amide bonds. The summed E-state index contributed by atoms with van der Waals surface area (Å²) in [7, 11) is -3.07. The first-order valence-electron chi connectivity index (χ1n) is 7.85. The molecule has 23 heavy (non-hydrogen) atoms. The van der Waals surface area contributed by atoms with Crippen molar-refractivity contribution < 1.29 is 12.8 Å². The van der Waals surface area contributed by atoms with Gasteiger partial charge in [-0.2, -0.15) is 0 Å². The fourth-order valence-corrected chi connectivity index (χ4v) is 3.87. The number of aryl methyl sites for hydroxylation is 2. The van der Waals surface area contributed by atoms with Crippen LogP contribution in [0.15, 0.2) is 9.41 Å². The Morgan fingerprint density at radius 2 is 2.13 bits per heavy atom. The van der Waals surface area contributed by atoms with Gasteiger partial charge in [0.05, 0.1) is 16.2 Å². The van der Waals surface area contributed by atoms with Crippen LogP contribution in [-0.4, -0.2) is 54.4 Å². The van der Waals surface area contributed by atoms with Crippen LogP contribution in [0.2, 0.25) is 0 Å². The Bertz CT molecular complexity index is 672. The van der Waals surface area contributed by atoms with E-state index in [0.29, 0.717) is 38.0 Å². The molecule has 1 aromatic rings. The molecule has 1 aliphatic rings. The number of nitrogens with zero attached hydrogens (tertiary/aromatic N) is 3. The summed E-state index contributed by atoms with van der Waals surface area (Å²) in [5.41, 5.74) is 0.866. The second-order valence-corrected chi connectivity index (χ2v) is 9.16. The lowest BCUT2D eigenvalue weighted by Crippen LogP contribution is -2.57. The normalized spacial score (nSPS) is 20.6. The van der Waals surface area contributed by atoms with Crippen molar-refractivity contribution in [1.29, 1.82) is 0 Å². The van der Waals surface area contributed by atoms with Crippen molar-refractivity contribution in [2.45, 2.75) is 45.9 Å². The fourth-order valence-electron chi connectivity index (χ4n) is 2.50. The summed E-state index contributed by atoms with van der Waals surface area (Å²) in [6.45, 7) is 11.2. The Morgan fingerprint density at radius 1 is 1.43 bits per heavy atom. The van der Waals surface area contributed by atoms with Crippen LogP contribution < -0.4 is 5.32 Å². The first kappa shape index (κ1) is 17.8. The smallest absolute Gasteiger partial charge is 0.216 e. The van der Waals surface area contributed by atoms with Gasteiger partial charge in [0.25, 0.3) is 0 Å². The molecule has 0 bridgehead atoms. The summed E-state index contributed by atoms with van der Waals surface area (Å²) >= 11 is 0. The molecule has 0 spiro atoms. The van der Waals surface area contributed by atoms with Crippen molar-refractivity contribution in [3.8, 4) is 0 Å². The lowest BCUT2D eigenvalue weighted by molar-refractivity contribution is 0.352. The molecule has 8 heteroatoms. The van der Waals surface area contributed by atoms with Gasteiger partial charge in [-0.15, -0.1) is 0 Å². The molecule has 1 N–H and O–H groups in total. The minimum Gasteiger partial charge on any atom is -0.444 e. The molecule has 0 unspecified atom stereocenters. The summed E-state index contributed by atoms with van der Waals surface area (Å²) in [4.78, 5) is 10.9. The van der Waals surface area contributed by atoms with Gasteiger partial charge in [-0.3, -0.25) is 0 Å². The van der Waals surface area contributed by atoms with Crippen LogP contribution in [0.3, 0.4) is 0 Å². The maximum Gasteiger partial charge on any atom is 0.216 e. The Morgan fingerprint density at radius 3 is 2.65 bits per heavy atom. The third-order valence-corrected chi connectivity index (χ3v) is 6.65. The van der Waals surface area contributed by atoms with Gasteiger partial charge in [-0.1, -0.05) is 0 Å². The Hall–Kier alpha value is -1.57. The number of rotatable bonds is 3. The van der Waals surface area contributed by atoms with E-state index in [1.807, 2.05) is 25.7 Å². The highest BCUT2D eigenvalue weighted by Gasteiger charge is 2.40. The summed E-state index contributed by atoms with van der Waals surface area (Å²) in [5, 5.41) is 3.22. The molecule has 1 aliphatic heterocycles. The number of hydrogen-bond acceptors (Lipinski definition) is 5. The van der Waals surface area contributed by atoms with Gasteiger partial charge in [-0.05, 0) is 34.6 Å². The lowest BCUT2D eigenvalue weighted by atomic mass is 10.2. The van der Waals surface area contributed by atoms with E-state index < -0.39 is 14.6 Å². The van der Waals surface area contributed by atoms with Crippen LogP contribution in [-0.2, 0) is 16.4 Å². The molecule has 2 rings (SSSR count). The van der Waals surface area contributed by atoms with Gasteiger partial charge >= 0.3 is 0 Å². The Balaban J connectivity index is 2.16. The van der Waals surface area contributed by atoms with E-state index in [1.54, 1.807) is 13.8 Å². The van der Waals surface area contributed by atoms with Crippen LogP contribution in [0.4, 0.5) is 0 Å². The molecule has 7 nitrogen and oxygen atoms in total. The highest BCUT2D eigenvalue weighted by molar-refractivity contribution is 7.92. The van der Waals surface area contributed by atoms with Crippen molar-refractivity contribution in [1.82, 2.24) is 15.2 Å². The van der Waals surface area contributed by atoms with Crippen LogP contribution in [0.25, 0.3) is 0 Å². The standard InChI is InChI=1S/C15H26N4O3S/c1-6-16-14(17-9-13-18-11(2)12(3)22-13)19-7-8-23(20,21)15(4,5)10-19/h6-10H2,1-5H3,(H,16,17). The second-order valence-electron chi connectivity index (χ2n) is 6.42. The quantitative estimate of drug-likeness (QED) is 0.657. The topological polar surface area (TPSA) is 87.8 Å². The number of sulfone groups is 1. The number of aromatic nitrogens is 1. The molecule has 1 aromatic heterocycles. The molecule has 2 heterocycles. The third kappa shape index (κ3) is 3.85. The van der Waals surface area contributed by atoms with Crippen LogP contribution in [0.5, 0.6) is 0 Å². The van der Waals surface area contributed by atoms with E-state index in [9.17, 15) is 8.42 Å². The predicted octanol–water partition coefficient (Wildman–Crippen LogP) is 1.27. The van der Waals surface area contributed by atoms with Crippen molar-refractivity contribution in [2.75, 3.05) is 25.4 Å². The third-order valence-electron chi connectivity index (χ3n) is 4.11. The highest BCUT2D eigenvalue weighted by Crippen LogP contribution is 2.23. The highest BCUT2D eigenvalue weighted by atomic mass is 32.2. The number of oxazole rings is 1. The molecule has 1 saturated heterocycles. The zero-order chi connectivity index (χ0) is 17.3. The molecule has 0 aromatic carbocycles. The molecular weight excluding hydrogens is 316 g/mol. The average Bonchev–Trinajstić information content (AvgIpc) is 2.77. The number of hydrogen-bond donors (Lipinski definition) is 1. The molecule has 1 fully saturated rings. The van der Waals surface area contributed by atoms with E-state index >= 15 is 0 Å². The molecule has 0 radical (unpaired) electrons. The van der Waals surface area contributed by atoms with Crippen molar-refractivity contribution in [3.05, 3.63) is 17.3 Å². The van der Waals surface area contributed by atoms with Gasteiger partial charge in [0, 0.05) is 19.6 Å². The predicted molar refractivity (Wildman–Crippen MR) is 90.2 cm³/mol. The van der Waals surface area contributed by atoms with Crippen molar-refractivity contribution in [2.24, 2.45) is 4.99 Å².